The first-order valence-corrected chi connectivity index (χ1v) is 5.85. The average Bonchev–Trinajstić information content (AvgIpc) is 2.49. The molecule has 1 aromatic rings. The third kappa shape index (κ3) is 1.97. The Morgan fingerprint density at radius 3 is 3.08 bits per heavy atom. The van der Waals surface area contributed by atoms with Gasteiger partial charge in [0.15, 0.2) is 5.16 Å². The molecule has 3 heteroatoms. The second-order valence-corrected chi connectivity index (χ2v) is 4.06. The van der Waals surface area contributed by atoms with Crippen LogP contribution in [-0.2, 0) is 6.54 Å². The van der Waals surface area contributed by atoms with Gasteiger partial charge in [0.1, 0.15) is 0 Å². The zero-order chi connectivity index (χ0) is 9.10. The zero-order valence-corrected chi connectivity index (χ0v) is 8.68. The van der Waals surface area contributed by atoms with Crippen molar-refractivity contribution in [2.45, 2.75) is 31.0 Å². The molecular formula is C10H14N2S. The summed E-state index contributed by atoms with van der Waals surface area (Å²) in [5.41, 5.74) is 1.61. The van der Waals surface area contributed by atoms with Crippen molar-refractivity contribution in [1.29, 1.82) is 0 Å². The summed E-state index contributed by atoms with van der Waals surface area (Å²) in [7, 11) is 0. The van der Waals surface area contributed by atoms with Crippen molar-refractivity contribution in [3.63, 3.8) is 0 Å². The first-order valence-electron chi connectivity index (χ1n) is 4.63. The molecule has 1 fully saturated rings. The minimum Gasteiger partial charge on any atom is -0.322 e. The van der Waals surface area contributed by atoms with Crippen LogP contribution in [0.15, 0.2) is 29.2 Å². The summed E-state index contributed by atoms with van der Waals surface area (Å²) in [6.45, 7) is 0.992. The van der Waals surface area contributed by atoms with Gasteiger partial charge in [-0.05, 0) is 25.5 Å². The van der Waals surface area contributed by atoms with E-state index in [1.54, 1.807) is 17.3 Å². The van der Waals surface area contributed by atoms with E-state index in [0.717, 1.165) is 11.7 Å². The Morgan fingerprint density at radius 1 is 1.62 bits per heavy atom. The number of aromatic nitrogens is 2. The van der Waals surface area contributed by atoms with Crippen LogP contribution in [0.25, 0.3) is 0 Å². The number of thioether (sulfide) groups is 1. The Hall–Kier alpha value is -0.700. The highest BCUT2D eigenvalue weighted by molar-refractivity contribution is 7.98. The first-order chi connectivity index (χ1) is 6.40. The lowest BCUT2D eigenvalue weighted by atomic mass is 9.92. The van der Waals surface area contributed by atoms with E-state index in [4.69, 9.17) is 0 Å². The van der Waals surface area contributed by atoms with Gasteiger partial charge in [-0.15, -0.1) is 0 Å². The van der Waals surface area contributed by atoms with Crippen molar-refractivity contribution >= 4 is 11.8 Å². The molecule has 1 heterocycles. The van der Waals surface area contributed by atoms with Crippen LogP contribution in [0.3, 0.4) is 0 Å². The van der Waals surface area contributed by atoms with Crippen LogP contribution in [0.2, 0.25) is 0 Å². The molecule has 0 radical (unpaired) electrons. The molecule has 1 aliphatic rings. The Bertz CT molecular complexity index is 308. The summed E-state index contributed by atoms with van der Waals surface area (Å²) >= 11 is 1.70. The minimum absolute atomic E-state index is 0.992. The van der Waals surface area contributed by atoms with Crippen LogP contribution in [0.1, 0.15) is 19.3 Å². The largest absolute Gasteiger partial charge is 0.322 e. The fraction of sp³-hybridized carbons (Fsp3) is 0.500. The van der Waals surface area contributed by atoms with E-state index < -0.39 is 0 Å². The molecule has 0 unspecified atom stereocenters. The maximum Gasteiger partial charge on any atom is 0.167 e. The Kier molecular flexibility index (Phi) is 2.74. The van der Waals surface area contributed by atoms with E-state index >= 15 is 0 Å². The molecular weight excluding hydrogens is 180 g/mol. The normalized spacial score (nSPS) is 15.6. The maximum absolute atomic E-state index is 4.25. The molecule has 0 spiro atoms. The van der Waals surface area contributed by atoms with Gasteiger partial charge in [0, 0.05) is 18.9 Å². The SMILES string of the molecule is CSc1nccn1CC=C1CCC1. The Labute approximate surface area is 83.1 Å². The van der Waals surface area contributed by atoms with Crippen molar-refractivity contribution in [2.75, 3.05) is 6.26 Å². The number of hydrogen-bond donors (Lipinski definition) is 0. The maximum atomic E-state index is 4.25. The van der Waals surface area contributed by atoms with Gasteiger partial charge in [-0.3, -0.25) is 0 Å². The molecule has 0 atom stereocenters. The summed E-state index contributed by atoms with van der Waals surface area (Å²) in [5, 5.41) is 1.11. The fourth-order valence-corrected chi connectivity index (χ4v) is 1.97. The molecule has 13 heavy (non-hydrogen) atoms. The molecule has 0 saturated heterocycles. The first kappa shape index (κ1) is 8.88. The number of imidazole rings is 1. The predicted molar refractivity (Wildman–Crippen MR) is 55.9 cm³/mol. The van der Waals surface area contributed by atoms with Crippen LogP contribution >= 0.6 is 11.8 Å². The van der Waals surface area contributed by atoms with Crippen molar-refractivity contribution in [3.05, 3.63) is 24.0 Å². The minimum atomic E-state index is 0.992. The molecule has 0 aliphatic heterocycles. The smallest absolute Gasteiger partial charge is 0.167 e. The van der Waals surface area contributed by atoms with Crippen molar-refractivity contribution in [1.82, 2.24) is 9.55 Å². The monoisotopic (exact) mass is 194 g/mol. The van der Waals surface area contributed by atoms with E-state index in [0.29, 0.717) is 0 Å². The quantitative estimate of drug-likeness (QED) is 0.544. The predicted octanol–water partition coefficient (Wildman–Crippen LogP) is 2.72. The number of allylic oxidation sites excluding steroid dienone is 2. The summed E-state index contributed by atoms with van der Waals surface area (Å²) in [4.78, 5) is 4.25. The summed E-state index contributed by atoms with van der Waals surface area (Å²) in [6.07, 6.45) is 12.3. The molecule has 1 aromatic heterocycles. The standard InChI is InChI=1S/C10H14N2S/c1-13-10-11-6-8-12(10)7-5-9-3-2-4-9/h5-6,8H,2-4,7H2,1H3. The highest BCUT2D eigenvalue weighted by atomic mass is 32.2. The van der Waals surface area contributed by atoms with Crippen molar-refractivity contribution in [3.8, 4) is 0 Å². The van der Waals surface area contributed by atoms with Crippen LogP contribution in [-0.4, -0.2) is 15.8 Å². The average molecular weight is 194 g/mol. The van der Waals surface area contributed by atoms with Crippen molar-refractivity contribution in [2.24, 2.45) is 0 Å². The molecule has 70 valence electrons. The number of rotatable bonds is 3. The topological polar surface area (TPSA) is 17.8 Å². The second-order valence-electron chi connectivity index (χ2n) is 3.28. The Morgan fingerprint density at radius 2 is 2.46 bits per heavy atom. The summed E-state index contributed by atoms with van der Waals surface area (Å²) in [5.74, 6) is 0. The third-order valence-electron chi connectivity index (χ3n) is 2.43. The molecule has 0 N–H and O–H groups in total. The lowest BCUT2D eigenvalue weighted by molar-refractivity contribution is 0.639. The van der Waals surface area contributed by atoms with Gasteiger partial charge in [-0.2, -0.15) is 0 Å². The molecule has 0 bridgehead atoms. The van der Waals surface area contributed by atoms with Gasteiger partial charge in [0.05, 0.1) is 0 Å². The van der Waals surface area contributed by atoms with E-state index in [2.05, 4.69) is 21.9 Å². The van der Waals surface area contributed by atoms with E-state index in [1.807, 2.05) is 12.4 Å². The molecule has 0 aromatic carbocycles. The van der Waals surface area contributed by atoms with E-state index in [1.165, 1.54) is 19.3 Å². The van der Waals surface area contributed by atoms with Crippen LogP contribution in [0.5, 0.6) is 0 Å². The molecule has 1 aliphatic carbocycles. The van der Waals surface area contributed by atoms with Gasteiger partial charge in [-0.25, -0.2) is 4.98 Å². The Balaban J connectivity index is 2.00. The van der Waals surface area contributed by atoms with Crippen LogP contribution < -0.4 is 0 Å². The summed E-state index contributed by atoms with van der Waals surface area (Å²) < 4.78 is 2.19. The number of hydrogen-bond acceptors (Lipinski definition) is 2. The lowest BCUT2D eigenvalue weighted by Crippen LogP contribution is -2.01. The van der Waals surface area contributed by atoms with Gasteiger partial charge >= 0.3 is 0 Å². The van der Waals surface area contributed by atoms with Gasteiger partial charge < -0.3 is 4.57 Å². The van der Waals surface area contributed by atoms with Crippen LogP contribution in [0.4, 0.5) is 0 Å². The van der Waals surface area contributed by atoms with Gasteiger partial charge in [0.2, 0.25) is 0 Å². The van der Waals surface area contributed by atoms with E-state index in [9.17, 15) is 0 Å². The lowest BCUT2D eigenvalue weighted by Gasteiger charge is -2.16. The molecule has 0 amide bonds. The van der Waals surface area contributed by atoms with Gasteiger partial charge in [0.25, 0.3) is 0 Å². The highest BCUT2D eigenvalue weighted by Crippen LogP contribution is 2.25. The third-order valence-corrected chi connectivity index (χ3v) is 3.14. The highest BCUT2D eigenvalue weighted by Gasteiger charge is 2.07. The molecule has 2 nitrogen and oxygen atoms in total. The molecule has 1 saturated carbocycles. The van der Waals surface area contributed by atoms with Gasteiger partial charge in [-0.1, -0.05) is 23.4 Å². The summed E-state index contributed by atoms with van der Waals surface area (Å²) in [6, 6.07) is 0. The number of nitrogens with zero attached hydrogens (tertiary/aromatic N) is 2. The van der Waals surface area contributed by atoms with Crippen LogP contribution in [0, 0.1) is 0 Å². The van der Waals surface area contributed by atoms with E-state index in [-0.39, 0.29) is 0 Å². The zero-order valence-electron chi connectivity index (χ0n) is 7.86. The second kappa shape index (κ2) is 4.01. The fourth-order valence-electron chi connectivity index (χ4n) is 1.44. The molecule has 2 rings (SSSR count). The van der Waals surface area contributed by atoms with Crippen molar-refractivity contribution < 1.29 is 0 Å².